The zero-order chi connectivity index (χ0) is 17.3. The fourth-order valence-electron chi connectivity index (χ4n) is 2.88. The molecule has 1 unspecified atom stereocenters. The van der Waals surface area contributed by atoms with Crippen molar-refractivity contribution >= 4 is 18.2 Å². The van der Waals surface area contributed by atoms with Crippen molar-refractivity contribution in [3.63, 3.8) is 0 Å². The van der Waals surface area contributed by atoms with Gasteiger partial charge in [-0.25, -0.2) is 9.18 Å². The Morgan fingerprint density at radius 1 is 1.54 bits per heavy atom. The lowest BCUT2D eigenvalue weighted by molar-refractivity contribution is -0.928. The fourth-order valence-corrected chi connectivity index (χ4v) is 3.13. The first-order valence-corrected chi connectivity index (χ1v) is 7.79. The van der Waals surface area contributed by atoms with Crippen LogP contribution in [0.4, 0.5) is 4.39 Å². The second-order valence-corrected chi connectivity index (χ2v) is 6.00. The van der Waals surface area contributed by atoms with Gasteiger partial charge in [0.15, 0.2) is 12.7 Å². The Hall–Kier alpha value is -2.17. The van der Waals surface area contributed by atoms with E-state index >= 15 is 0 Å². The van der Waals surface area contributed by atoms with Gasteiger partial charge in [0.1, 0.15) is 18.5 Å². The number of aliphatic hydroxyl groups excluding tert-OH is 1. The van der Waals surface area contributed by atoms with Gasteiger partial charge in [-0.1, -0.05) is 6.07 Å². The highest BCUT2D eigenvalue weighted by Crippen LogP contribution is 2.09. The molecule has 3 rings (SSSR count). The number of quaternary nitrogens is 1. The van der Waals surface area contributed by atoms with E-state index in [2.05, 4.69) is 10.4 Å². The minimum absolute atomic E-state index is 0.255. The van der Waals surface area contributed by atoms with Crippen LogP contribution in [0.1, 0.15) is 6.42 Å². The Kier molecular flexibility index (Phi) is 4.69. The number of nitrogens with zero attached hydrogens (tertiary/aromatic N) is 4. The van der Waals surface area contributed by atoms with Crippen molar-refractivity contribution in [1.29, 1.82) is 0 Å². The molecule has 24 heavy (non-hydrogen) atoms. The number of nitrogens with one attached hydrogen (secondary N) is 1. The monoisotopic (exact) mass is 354 g/mol. The summed E-state index contributed by atoms with van der Waals surface area (Å²) in [7, 11) is 1.32. The predicted octanol–water partition coefficient (Wildman–Crippen LogP) is -0.914. The molecule has 0 aliphatic carbocycles. The van der Waals surface area contributed by atoms with Crippen molar-refractivity contribution in [2.45, 2.75) is 25.2 Å². The van der Waals surface area contributed by atoms with Crippen LogP contribution in [0.2, 0.25) is 0 Å². The van der Waals surface area contributed by atoms with Gasteiger partial charge >= 0.3 is 5.97 Å². The van der Waals surface area contributed by atoms with E-state index < -0.39 is 18.0 Å². The van der Waals surface area contributed by atoms with E-state index in [0.29, 0.717) is 18.7 Å². The second kappa shape index (κ2) is 6.75. The molecule has 2 aromatic rings. The molecule has 2 N–H and O–H groups in total. The highest BCUT2D eigenvalue weighted by atomic mass is 32.1. The summed E-state index contributed by atoms with van der Waals surface area (Å²) in [6, 6.07) is 5.38. The van der Waals surface area contributed by atoms with Gasteiger partial charge in [0, 0.05) is 6.42 Å². The molecule has 0 amide bonds. The average Bonchev–Trinajstić information content (AvgIpc) is 3.10. The van der Waals surface area contributed by atoms with Crippen LogP contribution in [0, 0.1) is 10.6 Å². The molecule has 1 aliphatic heterocycles. The molecular formula is C14H17FN5O3S+. The number of rotatable bonds is 4. The molecule has 0 spiro atoms. The van der Waals surface area contributed by atoms with E-state index in [1.165, 1.54) is 28.6 Å². The lowest BCUT2D eigenvalue weighted by Gasteiger charge is -2.18. The number of aliphatic hydroxyl groups is 1. The average molecular weight is 354 g/mol. The lowest BCUT2D eigenvalue weighted by atomic mass is 10.2. The minimum atomic E-state index is -0.587. The molecule has 0 saturated carbocycles. The number of tetrazole rings is 1. The number of benzene rings is 1. The maximum atomic E-state index is 13.4. The Bertz CT molecular complexity index is 808. The zero-order valence-corrected chi connectivity index (χ0v) is 13.7. The number of hydrogen-bond acceptors (Lipinski definition) is 6. The van der Waals surface area contributed by atoms with Gasteiger partial charge in [0.2, 0.25) is 4.77 Å². The van der Waals surface area contributed by atoms with Gasteiger partial charge in [-0.15, -0.1) is 0 Å². The lowest BCUT2D eigenvalue weighted by Crippen LogP contribution is -3.14. The van der Waals surface area contributed by atoms with Gasteiger partial charge < -0.3 is 14.7 Å². The van der Waals surface area contributed by atoms with E-state index in [1.54, 1.807) is 12.1 Å². The van der Waals surface area contributed by atoms with Crippen molar-refractivity contribution in [1.82, 2.24) is 19.8 Å². The third-order valence-electron chi connectivity index (χ3n) is 4.03. The van der Waals surface area contributed by atoms with Crippen molar-refractivity contribution in [2.75, 3.05) is 13.7 Å². The van der Waals surface area contributed by atoms with Gasteiger partial charge in [0.25, 0.3) is 0 Å². The second-order valence-electron chi connectivity index (χ2n) is 5.64. The first-order valence-electron chi connectivity index (χ1n) is 7.39. The summed E-state index contributed by atoms with van der Waals surface area (Å²) in [5.74, 6) is -0.784. The summed E-state index contributed by atoms with van der Waals surface area (Å²) in [5, 5.41) is 17.8. The summed E-state index contributed by atoms with van der Waals surface area (Å²) >= 11 is 5.33. The molecule has 1 saturated heterocycles. The number of aromatic nitrogens is 4. The molecule has 0 bridgehead atoms. The molecule has 0 radical (unpaired) electrons. The number of methoxy groups -OCH3 is 1. The third-order valence-corrected chi connectivity index (χ3v) is 4.41. The smallest absolute Gasteiger partial charge is 0.364 e. The third kappa shape index (κ3) is 3.21. The predicted molar refractivity (Wildman–Crippen MR) is 82.4 cm³/mol. The van der Waals surface area contributed by atoms with Crippen LogP contribution in [0.25, 0.3) is 5.69 Å². The number of hydrogen-bond donors (Lipinski definition) is 2. The molecule has 1 aliphatic rings. The number of carbonyl (C=O) groups excluding carboxylic acids is 1. The summed E-state index contributed by atoms with van der Waals surface area (Å²) in [5.41, 5.74) is 0.465. The number of carbonyl (C=O) groups is 1. The number of ether oxygens (including phenoxy) is 1. The first-order chi connectivity index (χ1) is 11.5. The SMILES string of the molecule is COC(=O)[C@@H]1C[C@H](O)C[NH+]1Cn1nnn(-c2cccc(F)c2)c1=S. The van der Waals surface area contributed by atoms with Gasteiger partial charge in [0.05, 0.1) is 12.8 Å². The van der Waals surface area contributed by atoms with Gasteiger partial charge in [-0.2, -0.15) is 9.36 Å². The van der Waals surface area contributed by atoms with Gasteiger partial charge in [-0.05, 0) is 40.8 Å². The van der Waals surface area contributed by atoms with E-state index in [-0.39, 0.29) is 17.4 Å². The van der Waals surface area contributed by atoms with Crippen molar-refractivity contribution < 1.29 is 23.9 Å². The Labute approximate surface area is 142 Å². The molecule has 3 atom stereocenters. The standard InChI is InChI=1S/C14H16FN5O3S/c1-23-13(22)12-6-11(21)7-18(12)8-19-14(24)20(17-16-19)10-4-2-3-9(15)5-10/h2-5,11-12,21H,6-8H2,1H3/p+1/t11-,12-/m0/s1. The molecular weight excluding hydrogens is 337 g/mol. The summed E-state index contributed by atoms with van der Waals surface area (Å²) in [6.07, 6.45) is -0.260. The Morgan fingerprint density at radius 3 is 3.04 bits per heavy atom. The largest absolute Gasteiger partial charge is 0.465 e. The summed E-state index contributed by atoms with van der Waals surface area (Å²) in [6.45, 7) is 0.638. The van der Waals surface area contributed by atoms with Crippen LogP contribution in [0.5, 0.6) is 0 Å². The van der Waals surface area contributed by atoms with Gasteiger partial charge in [-0.3, -0.25) is 0 Å². The van der Waals surface area contributed by atoms with Crippen molar-refractivity contribution in [3.8, 4) is 5.69 Å². The minimum Gasteiger partial charge on any atom is -0.465 e. The molecule has 8 nitrogen and oxygen atoms in total. The summed E-state index contributed by atoms with van der Waals surface area (Å²) < 4.78 is 21.2. The zero-order valence-electron chi connectivity index (χ0n) is 12.9. The summed E-state index contributed by atoms with van der Waals surface area (Å²) in [4.78, 5) is 12.6. The van der Waals surface area contributed by atoms with Crippen LogP contribution in [-0.2, 0) is 16.2 Å². The topological polar surface area (TPSA) is 86.6 Å². The van der Waals surface area contributed by atoms with Crippen LogP contribution in [-0.4, -0.2) is 56.7 Å². The van der Waals surface area contributed by atoms with Crippen molar-refractivity contribution in [3.05, 3.63) is 34.9 Å². The van der Waals surface area contributed by atoms with Crippen LogP contribution in [0.15, 0.2) is 24.3 Å². The fraction of sp³-hybridized carbons (Fsp3) is 0.429. The van der Waals surface area contributed by atoms with E-state index in [0.717, 1.165) is 4.90 Å². The molecule has 128 valence electrons. The Balaban J connectivity index is 1.84. The van der Waals surface area contributed by atoms with E-state index in [9.17, 15) is 14.3 Å². The molecule has 1 aromatic carbocycles. The molecule has 2 heterocycles. The highest BCUT2D eigenvalue weighted by molar-refractivity contribution is 7.71. The quantitative estimate of drug-likeness (QED) is 0.546. The van der Waals surface area contributed by atoms with Crippen LogP contribution < -0.4 is 4.90 Å². The number of likely N-dealkylation sites (tertiary alicyclic amines) is 1. The first kappa shape index (κ1) is 16.7. The van der Waals surface area contributed by atoms with Crippen LogP contribution in [0.3, 0.4) is 0 Å². The highest BCUT2D eigenvalue weighted by Gasteiger charge is 2.41. The number of esters is 1. The maximum absolute atomic E-state index is 13.4. The number of halogens is 1. The Morgan fingerprint density at radius 2 is 2.33 bits per heavy atom. The van der Waals surface area contributed by atoms with Crippen molar-refractivity contribution in [2.24, 2.45) is 0 Å². The molecule has 1 fully saturated rings. The molecule has 1 aromatic heterocycles. The molecule has 10 heteroatoms. The van der Waals surface area contributed by atoms with E-state index in [4.69, 9.17) is 17.0 Å². The maximum Gasteiger partial charge on any atom is 0.364 e. The normalized spacial score (nSPS) is 23.4. The van der Waals surface area contributed by atoms with Crippen LogP contribution >= 0.6 is 12.2 Å². The van der Waals surface area contributed by atoms with E-state index in [1.807, 2.05) is 0 Å².